The van der Waals surface area contributed by atoms with Gasteiger partial charge in [-0.05, 0) is 17.7 Å². The number of rotatable bonds is 3. The molecule has 0 saturated carbocycles. The highest BCUT2D eigenvalue weighted by atomic mass is 16.6. The molecule has 1 N–H and O–H groups in total. The molecule has 0 aromatic heterocycles. The number of hydrogen-bond donors (Lipinski definition) is 1. The van der Waals surface area contributed by atoms with Crippen LogP contribution in [0.4, 0.5) is 5.69 Å². The van der Waals surface area contributed by atoms with Gasteiger partial charge in [-0.3, -0.25) is 10.1 Å². The van der Waals surface area contributed by atoms with Crippen LogP contribution in [0, 0.1) is 10.1 Å². The Kier molecular flexibility index (Phi) is 2.81. The second kappa shape index (κ2) is 3.86. The minimum absolute atomic E-state index is 0.292. The molecule has 0 bridgehead atoms. The van der Waals surface area contributed by atoms with Crippen molar-refractivity contribution in [2.75, 3.05) is 7.11 Å². The van der Waals surface area contributed by atoms with E-state index >= 15 is 0 Å². The van der Waals surface area contributed by atoms with Crippen LogP contribution < -0.4 is 0 Å². The molecular formula is C8H9NO4. The van der Waals surface area contributed by atoms with Gasteiger partial charge >= 0.3 is 5.69 Å². The van der Waals surface area contributed by atoms with Crippen molar-refractivity contribution in [3.8, 4) is 5.75 Å². The topological polar surface area (TPSA) is 72.6 Å². The Morgan fingerprint density at radius 1 is 1.62 bits per heavy atom. The molecule has 0 fully saturated rings. The molecule has 0 atom stereocenters. The monoisotopic (exact) mass is 183 g/mol. The maximum atomic E-state index is 10.3. The molecule has 1 aromatic rings. The van der Waals surface area contributed by atoms with Crippen molar-refractivity contribution in [2.45, 2.75) is 6.61 Å². The summed E-state index contributed by atoms with van der Waals surface area (Å²) in [6.45, 7) is 0.325. The van der Waals surface area contributed by atoms with Crippen molar-refractivity contribution in [3.05, 3.63) is 33.9 Å². The van der Waals surface area contributed by atoms with Crippen LogP contribution in [0.25, 0.3) is 0 Å². The minimum atomic E-state index is -0.633. The number of hydrogen-bond acceptors (Lipinski definition) is 4. The van der Waals surface area contributed by atoms with Crippen molar-refractivity contribution in [1.82, 2.24) is 0 Å². The van der Waals surface area contributed by atoms with Gasteiger partial charge in [-0.25, -0.2) is 0 Å². The van der Waals surface area contributed by atoms with Crippen LogP contribution >= 0.6 is 0 Å². The highest BCUT2D eigenvalue weighted by molar-refractivity contribution is 5.47. The first-order valence-electron chi connectivity index (χ1n) is 3.60. The third-order valence-corrected chi connectivity index (χ3v) is 1.55. The normalized spacial score (nSPS) is 9.92. The Morgan fingerprint density at radius 2 is 2.31 bits per heavy atom. The highest BCUT2D eigenvalue weighted by Crippen LogP contribution is 2.26. The molecule has 13 heavy (non-hydrogen) atoms. The molecule has 0 aliphatic heterocycles. The first-order chi connectivity index (χ1) is 6.15. The van der Waals surface area contributed by atoms with E-state index in [0.717, 1.165) is 0 Å². The van der Waals surface area contributed by atoms with Gasteiger partial charge in [-0.1, -0.05) is 0 Å². The summed E-state index contributed by atoms with van der Waals surface area (Å²) in [7, 11) is 1.51. The molecule has 1 rings (SSSR count). The fourth-order valence-corrected chi connectivity index (χ4v) is 0.980. The second-order valence-electron chi connectivity index (χ2n) is 2.51. The summed E-state index contributed by atoms with van der Waals surface area (Å²) in [6, 6.07) is 4.12. The lowest BCUT2D eigenvalue weighted by Crippen LogP contribution is -1.91. The molecule has 0 heterocycles. The van der Waals surface area contributed by atoms with E-state index < -0.39 is 4.92 Å². The smallest absolute Gasteiger partial charge is 0.310 e. The molecule has 0 amide bonds. The molecule has 5 heteroatoms. The van der Waals surface area contributed by atoms with Gasteiger partial charge < -0.3 is 9.84 Å². The van der Waals surface area contributed by atoms with Crippen molar-refractivity contribution in [2.24, 2.45) is 0 Å². The van der Waals surface area contributed by atoms with E-state index in [1.807, 2.05) is 0 Å². The Labute approximate surface area is 74.7 Å². The SMILES string of the molecule is COCc1ccc([N+](=O)[O-])c(O)c1. The molecule has 5 nitrogen and oxygen atoms in total. The van der Waals surface area contributed by atoms with E-state index in [0.29, 0.717) is 12.2 Å². The summed E-state index contributed by atoms with van der Waals surface area (Å²) >= 11 is 0. The number of methoxy groups -OCH3 is 1. The van der Waals surface area contributed by atoms with E-state index in [1.54, 1.807) is 6.07 Å². The number of aromatic hydroxyl groups is 1. The zero-order valence-corrected chi connectivity index (χ0v) is 7.06. The van der Waals surface area contributed by atoms with E-state index in [2.05, 4.69) is 0 Å². The number of nitrogens with zero attached hydrogens (tertiary/aromatic N) is 1. The lowest BCUT2D eigenvalue weighted by Gasteiger charge is -2.00. The first-order valence-corrected chi connectivity index (χ1v) is 3.60. The summed E-state index contributed by atoms with van der Waals surface area (Å²) in [5.74, 6) is -0.334. The zero-order valence-electron chi connectivity index (χ0n) is 7.06. The molecule has 0 aliphatic rings. The number of ether oxygens (including phenoxy) is 1. The number of nitro benzene ring substituents is 1. The number of nitro groups is 1. The Bertz CT molecular complexity index is 324. The van der Waals surface area contributed by atoms with Gasteiger partial charge in [0.1, 0.15) is 0 Å². The van der Waals surface area contributed by atoms with Crippen molar-refractivity contribution in [3.63, 3.8) is 0 Å². The number of benzene rings is 1. The molecule has 0 spiro atoms. The van der Waals surface area contributed by atoms with Gasteiger partial charge in [0.15, 0.2) is 5.75 Å². The maximum absolute atomic E-state index is 10.3. The molecule has 0 unspecified atom stereocenters. The predicted molar refractivity (Wildman–Crippen MR) is 45.5 cm³/mol. The Morgan fingerprint density at radius 3 is 2.77 bits per heavy atom. The molecule has 70 valence electrons. The largest absolute Gasteiger partial charge is 0.502 e. The summed E-state index contributed by atoms with van der Waals surface area (Å²) in [6.07, 6.45) is 0. The van der Waals surface area contributed by atoms with Crippen molar-refractivity contribution in [1.29, 1.82) is 0 Å². The zero-order chi connectivity index (χ0) is 9.84. The standard InChI is InChI=1S/C8H9NO4/c1-13-5-6-2-3-7(9(11)12)8(10)4-6/h2-4,10H,5H2,1H3. The Hall–Kier alpha value is -1.62. The van der Waals surface area contributed by atoms with E-state index in [9.17, 15) is 15.2 Å². The predicted octanol–water partition coefficient (Wildman–Crippen LogP) is 1.45. The van der Waals surface area contributed by atoms with Crippen LogP contribution in [0.2, 0.25) is 0 Å². The van der Waals surface area contributed by atoms with Crippen LogP contribution in [0.1, 0.15) is 5.56 Å². The average molecular weight is 183 g/mol. The van der Waals surface area contributed by atoms with E-state index in [1.165, 1.54) is 19.2 Å². The lowest BCUT2D eigenvalue weighted by molar-refractivity contribution is -0.385. The highest BCUT2D eigenvalue weighted by Gasteiger charge is 2.12. The van der Waals surface area contributed by atoms with Crippen molar-refractivity contribution >= 4 is 5.69 Å². The summed E-state index contributed by atoms with van der Waals surface area (Å²) in [5.41, 5.74) is 0.408. The summed E-state index contributed by atoms with van der Waals surface area (Å²) in [5, 5.41) is 19.5. The Balaban J connectivity index is 2.98. The quantitative estimate of drug-likeness (QED) is 0.568. The molecule has 0 radical (unpaired) electrons. The van der Waals surface area contributed by atoms with Gasteiger partial charge in [-0.15, -0.1) is 0 Å². The third-order valence-electron chi connectivity index (χ3n) is 1.55. The van der Waals surface area contributed by atoms with Gasteiger partial charge in [0, 0.05) is 13.2 Å². The summed E-state index contributed by atoms with van der Waals surface area (Å²) < 4.78 is 4.80. The lowest BCUT2D eigenvalue weighted by atomic mass is 10.2. The fourth-order valence-electron chi connectivity index (χ4n) is 0.980. The first kappa shape index (κ1) is 9.47. The maximum Gasteiger partial charge on any atom is 0.310 e. The molecular weight excluding hydrogens is 174 g/mol. The van der Waals surface area contributed by atoms with Crippen LogP contribution in [0.15, 0.2) is 18.2 Å². The second-order valence-corrected chi connectivity index (χ2v) is 2.51. The summed E-state index contributed by atoms with van der Waals surface area (Å²) in [4.78, 5) is 9.67. The molecule has 1 aromatic carbocycles. The van der Waals surface area contributed by atoms with Crippen LogP contribution in [-0.2, 0) is 11.3 Å². The molecule has 0 aliphatic carbocycles. The average Bonchev–Trinajstić information content (AvgIpc) is 2.04. The van der Waals surface area contributed by atoms with Crippen molar-refractivity contribution < 1.29 is 14.8 Å². The minimum Gasteiger partial charge on any atom is -0.502 e. The van der Waals surface area contributed by atoms with Gasteiger partial charge in [-0.2, -0.15) is 0 Å². The van der Waals surface area contributed by atoms with Crippen LogP contribution in [0.5, 0.6) is 5.75 Å². The number of phenols is 1. The van der Waals surface area contributed by atoms with Crippen LogP contribution in [0.3, 0.4) is 0 Å². The van der Waals surface area contributed by atoms with E-state index in [-0.39, 0.29) is 11.4 Å². The fraction of sp³-hybridized carbons (Fsp3) is 0.250. The molecule has 0 saturated heterocycles. The van der Waals surface area contributed by atoms with Gasteiger partial charge in [0.25, 0.3) is 0 Å². The van der Waals surface area contributed by atoms with E-state index in [4.69, 9.17) is 4.74 Å². The van der Waals surface area contributed by atoms with Crippen LogP contribution in [-0.4, -0.2) is 17.1 Å². The number of phenolic OH excluding ortho intramolecular Hbond substituents is 1. The van der Waals surface area contributed by atoms with Gasteiger partial charge in [0.05, 0.1) is 11.5 Å². The third kappa shape index (κ3) is 2.16. The van der Waals surface area contributed by atoms with Gasteiger partial charge in [0.2, 0.25) is 0 Å².